The fourth-order valence-corrected chi connectivity index (χ4v) is 3.80. The third-order valence-electron chi connectivity index (χ3n) is 5.05. The van der Waals surface area contributed by atoms with Gasteiger partial charge in [-0.1, -0.05) is 18.6 Å². The van der Waals surface area contributed by atoms with Crippen molar-refractivity contribution in [3.8, 4) is 5.75 Å². The van der Waals surface area contributed by atoms with Crippen LogP contribution in [0.2, 0.25) is 0 Å². The maximum absolute atomic E-state index is 13.0. The van der Waals surface area contributed by atoms with Gasteiger partial charge in [-0.3, -0.25) is 9.59 Å². The first-order valence-electron chi connectivity index (χ1n) is 8.97. The molecule has 1 saturated heterocycles. The van der Waals surface area contributed by atoms with E-state index in [-0.39, 0.29) is 23.8 Å². The zero-order valence-electron chi connectivity index (χ0n) is 14.7. The molecule has 1 N–H and O–H groups in total. The number of nitrogens with one attached hydrogen (secondary N) is 1. The fraction of sp³-hybridized carbons (Fsp3) is 0.579. The molecule has 2 unspecified atom stereocenters. The number of rotatable bonds is 3. The van der Waals surface area contributed by atoms with Crippen molar-refractivity contribution < 1.29 is 19.1 Å². The first kappa shape index (κ1) is 17.7. The average molecular weight is 346 g/mol. The zero-order chi connectivity index (χ0) is 17.6. The first-order valence-corrected chi connectivity index (χ1v) is 8.97. The minimum Gasteiger partial charge on any atom is -0.497 e. The van der Waals surface area contributed by atoms with Gasteiger partial charge < -0.3 is 19.7 Å². The van der Waals surface area contributed by atoms with Crippen LogP contribution in [0.4, 0.5) is 0 Å². The number of nitrogens with zero attached hydrogens (tertiary/aromatic N) is 1. The molecule has 1 aromatic rings. The molecule has 1 aromatic carbocycles. The van der Waals surface area contributed by atoms with Gasteiger partial charge in [-0.15, -0.1) is 0 Å². The monoisotopic (exact) mass is 346 g/mol. The molecular weight excluding hydrogens is 320 g/mol. The average Bonchev–Trinajstić information content (AvgIpc) is 3.10. The van der Waals surface area contributed by atoms with Crippen LogP contribution in [0, 0.1) is 5.92 Å². The van der Waals surface area contributed by atoms with Crippen LogP contribution in [-0.4, -0.2) is 56.2 Å². The van der Waals surface area contributed by atoms with Crippen molar-refractivity contribution in [2.45, 2.75) is 31.7 Å². The van der Waals surface area contributed by atoms with E-state index in [9.17, 15) is 9.59 Å². The standard InChI is InChI=1S/C19H26N2O4/c1-24-15-5-2-4-14(12-15)13-18(22)21-9-11-25-10-8-20-19(23)16-6-3-7-17(16)21/h2,4-5,12,16-17H,3,6-11,13H2,1H3,(H,20,23). The van der Waals surface area contributed by atoms with Gasteiger partial charge in [-0.05, 0) is 30.5 Å². The second-order valence-corrected chi connectivity index (χ2v) is 6.62. The lowest BCUT2D eigenvalue weighted by Crippen LogP contribution is -2.50. The summed E-state index contributed by atoms with van der Waals surface area (Å²) in [5.41, 5.74) is 0.918. The number of methoxy groups -OCH3 is 1. The van der Waals surface area contributed by atoms with Crippen molar-refractivity contribution in [1.29, 1.82) is 0 Å². The van der Waals surface area contributed by atoms with Gasteiger partial charge in [-0.25, -0.2) is 0 Å². The highest BCUT2D eigenvalue weighted by Crippen LogP contribution is 2.31. The van der Waals surface area contributed by atoms with Gasteiger partial charge in [0.2, 0.25) is 11.8 Å². The molecule has 1 aliphatic carbocycles. The number of hydrogen-bond acceptors (Lipinski definition) is 4. The van der Waals surface area contributed by atoms with Gasteiger partial charge in [0.25, 0.3) is 0 Å². The highest BCUT2D eigenvalue weighted by Gasteiger charge is 2.38. The minimum absolute atomic E-state index is 0.0280. The molecule has 2 amide bonds. The molecule has 1 heterocycles. The fourth-order valence-electron chi connectivity index (χ4n) is 3.80. The van der Waals surface area contributed by atoms with Crippen LogP contribution in [0.3, 0.4) is 0 Å². The van der Waals surface area contributed by atoms with Gasteiger partial charge in [0, 0.05) is 19.1 Å². The van der Waals surface area contributed by atoms with Crippen LogP contribution >= 0.6 is 0 Å². The van der Waals surface area contributed by atoms with E-state index in [2.05, 4.69) is 5.32 Å². The van der Waals surface area contributed by atoms with Gasteiger partial charge >= 0.3 is 0 Å². The van der Waals surface area contributed by atoms with Gasteiger partial charge in [-0.2, -0.15) is 0 Å². The molecule has 0 aromatic heterocycles. The van der Waals surface area contributed by atoms with Crippen molar-refractivity contribution in [2.24, 2.45) is 5.92 Å². The third kappa shape index (κ3) is 4.31. The van der Waals surface area contributed by atoms with E-state index in [1.54, 1.807) is 7.11 Å². The van der Waals surface area contributed by atoms with Crippen LogP contribution in [0.5, 0.6) is 5.75 Å². The second-order valence-electron chi connectivity index (χ2n) is 6.62. The topological polar surface area (TPSA) is 67.9 Å². The minimum atomic E-state index is -0.104. The van der Waals surface area contributed by atoms with E-state index in [0.29, 0.717) is 32.7 Å². The van der Waals surface area contributed by atoms with Crippen molar-refractivity contribution in [1.82, 2.24) is 10.2 Å². The van der Waals surface area contributed by atoms with Gasteiger partial charge in [0.15, 0.2) is 0 Å². The Bertz CT molecular complexity index is 619. The van der Waals surface area contributed by atoms with E-state index in [1.165, 1.54) is 0 Å². The first-order chi connectivity index (χ1) is 12.2. The van der Waals surface area contributed by atoms with Crippen LogP contribution in [0.1, 0.15) is 24.8 Å². The van der Waals surface area contributed by atoms with Gasteiger partial charge in [0.05, 0.1) is 32.7 Å². The van der Waals surface area contributed by atoms with Crippen LogP contribution in [0.25, 0.3) is 0 Å². The number of carbonyl (C=O) groups excluding carboxylic acids is 2. The summed E-state index contributed by atoms with van der Waals surface area (Å²) < 4.78 is 10.8. The van der Waals surface area contributed by atoms with E-state index in [1.807, 2.05) is 29.2 Å². The van der Waals surface area contributed by atoms with Crippen molar-refractivity contribution >= 4 is 11.8 Å². The lowest BCUT2D eigenvalue weighted by molar-refractivity contribution is -0.137. The molecular formula is C19H26N2O4. The highest BCUT2D eigenvalue weighted by molar-refractivity contribution is 5.83. The molecule has 1 aliphatic heterocycles. The molecule has 0 spiro atoms. The molecule has 1 saturated carbocycles. The highest BCUT2D eigenvalue weighted by atomic mass is 16.5. The molecule has 136 valence electrons. The Kier molecular flexibility index (Phi) is 5.91. The Morgan fingerprint density at radius 3 is 3.08 bits per heavy atom. The Labute approximate surface area is 148 Å². The molecule has 0 bridgehead atoms. The third-order valence-corrected chi connectivity index (χ3v) is 5.05. The predicted molar refractivity (Wildman–Crippen MR) is 93.4 cm³/mol. The molecule has 3 rings (SSSR count). The summed E-state index contributed by atoms with van der Waals surface area (Å²) in [6.45, 7) is 2.07. The SMILES string of the molecule is COc1cccc(CC(=O)N2CCOCCNC(=O)C3CCCC32)c1. The summed E-state index contributed by atoms with van der Waals surface area (Å²) in [6, 6.07) is 7.54. The van der Waals surface area contributed by atoms with Crippen LogP contribution < -0.4 is 10.1 Å². The Morgan fingerprint density at radius 2 is 2.24 bits per heavy atom. The largest absolute Gasteiger partial charge is 0.497 e. The van der Waals surface area contributed by atoms with Crippen molar-refractivity contribution in [2.75, 3.05) is 33.4 Å². The maximum atomic E-state index is 13.0. The lowest BCUT2D eigenvalue weighted by Gasteiger charge is -2.33. The van der Waals surface area contributed by atoms with Crippen LogP contribution in [-0.2, 0) is 20.7 Å². The molecule has 2 fully saturated rings. The molecule has 6 nitrogen and oxygen atoms in total. The van der Waals surface area contributed by atoms with Gasteiger partial charge in [0.1, 0.15) is 5.75 Å². The van der Waals surface area contributed by atoms with E-state index >= 15 is 0 Å². The predicted octanol–water partition coefficient (Wildman–Crippen LogP) is 1.38. The smallest absolute Gasteiger partial charge is 0.227 e. The number of carbonyl (C=O) groups is 2. The van der Waals surface area contributed by atoms with E-state index in [0.717, 1.165) is 30.6 Å². The maximum Gasteiger partial charge on any atom is 0.227 e. The molecule has 2 atom stereocenters. The summed E-state index contributed by atoms with van der Waals surface area (Å²) in [4.78, 5) is 27.2. The zero-order valence-corrected chi connectivity index (χ0v) is 14.7. The van der Waals surface area contributed by atoms with E-state index in [4.69, 9.17) is 9.47 Å². The summed E-state index contributed by atoms with van der Waals surface area (Å²) in [5.74, 6) is 0.731. The number of fused-ring (bicyclic) bond motifs is 1. The number of ether oxygens (including phenoxy) is 2. The second kappa shape index (κ2) is 8.34. The Balaban J connectivity index is 1.75. The summed E-state index contributed by atoms with van der Waals surface area (Å²) in [6.07, 6.45) is 3.01. The van der Waals surface area contributed by atoms with E-state index < -0.39 is 0 Å². The Morgan fingerprint density at radius 1 is 1.36 bits per heavy atom. The van der Waals surface area contributed by atoms with Crippen molar-refractivity contribution in [3.63, 3.8) is 0 Å². The molecule has 25 heavy (non-hydrogen) atoms. The number of amides is 2. The number of hydrogen-bond donors (Lipinski definition) is 1. The van der Waals surface area contributed by atoms with Crippen LogP contribution in [0.15, 0.2) is 24.3 Å². The molecule has 2 aliphatic rings. The summed E-state index contributed by atoms with van der Waals surface area (Å²) >= 11 is 0. The van der Waals surface area contributed by atoms with Crippen molar-refractivity contribution in [3.05, 3.63) is 29.8 Å². The summed E-state index contributed by atoms with van der Waals surface area (Å²) in [7, 11) is 1.62. The Hall–Kier alpha value is -2.08. The summed E-state index contributed by atoms with van der Waals surface area (Å²) in [5, 5.41) is 2.93. The quantitative estimate of drug-likeness (QED) is 0.898. The normalized spacial score (nSPS) is 24.4. The molecule has 6 heteroatoms. The number of benzene rings is 1. The molecule has 0 radical (unpaired) electrons. The lowest BCUT2D eigenvalue weighted by atomic mass is 9.99.